The number of halogens is 2. The third-order valence-corrected chi connectivity index (χ3v) is 3.57. The van der Waals surface area contributed by atoms with Gasteiger partial charge in [-0.25, -0.2) is 8.78 Å². The Morgan fingerprint density at radius 1 is 0.950 bits per heavy atom. The minimum Gasteiger partial charge on any atom is -0.369 e. The highest BCUT2D eigenvalue weighted by atomic mass is 19.1. The van der Waals surface area contributed by atoms with E-state index in [1.807, 2.05) is 24.3 Å². The Labute approximate surface area is 117 Å². The molecule has 0 spiro atoms. The normalized spacial score (nSPS) is 15.4. The van der Waals surface area contributed by atoms with E-state index in [4.69, 9.17) is 0 Å². The van der Waals surface area contributed by atoms with Crippen LogP contribution in [0.15, 0.2) is 42.5 Å². The minimum atomic E-state index is -0.551. The first kappa shape index (κ1) is 13.1. The molecule has 0 saturated carbocycles. The zero-order valence-electron chi connectivity index (χ0n) is 11.1. The van der Waals surface area contributed by atoms with E-state index >= 15 is 0 Å². The zero-order chi connectivity index (χ0) is 13.9. The fraction of sp³-hybridized carbons (Fsp3) is 0.250. The predicted molar refractivity (Wildman–Crippen MR) is 76.9 cm³/mol. The Kier molecular flexibility index (Phi) is 3.65. The van der Waals surface area contributed by atoms with E-state index in [1.165, 1.54) is 12.1 Å². The summed E-state index contributed by atoms with van der Waals surface area (Å²) in [5, 5.41) is 3.30. The summed E-state index contributed by atoms with van der Waals surface area (Å²) in [4.78, 5) is 2.27. The van der Waals surface area contributed by atoms with Gasteiger partial charge in [-0.15, -0.1) is 0 Å². The second-order valence-electron chi connectivity index (χ2n) is 4.91. The number of hydrogen-bond acceptors (Lipinski definition) is 2. The van der Waals surface area contributed by atoms with Crippen molar-refractivity contribution in [3.63, 3.8) is 0 Å². The van der Waals surface area contributed by atoms with Crippen molar-refractivity contribution >= 4 is 5.69 Å². The third kappa shape index (κ3) is 2.65. The monoisotopic (exact) mass is 274 g/mol. The molecule has 0 amide bonds. The van der Waals surface area contributed by atoms with Gasteiger partial charge in [0.2, 0.25) is 0 Å². The molecular weight excluding hydrogens is 258 g/mol. The van der Waals surface area contributed by atoms with Gasteiger partial charge in [0.05, 0.1) is 0 Å². The molecule has 1 N–H and O–H groups in total. The van der Waals surface area contributed by atoms with E-state index < -0.39 is 11.6 Å². The van der Waals surface area contributed by atoms with Crippen molar-refractivity contribution < 1.29 is 8.78 Å². The number of rotatable bonds is 2. The summed E-state index contributed by atoms with van der Waals surface area (Å²) < 4.78 is 26.8. The largest absolute Gasteiger partial charge is 0.369 e. The van der Waals surface area contributed by atoms with Crippen LogP contribution in [0.3, 0.4) is 0 Å². The first-order valence-electron chi connectivity index (χ1n) is 6.75. The first-order valence-corrected chi connectivity index (χ1v) is 6.75. The molecule has 1 saturated heterocycles. The van der Waals surface area contributed by atoms with Crippen LogP contribution in [0.2, 0.25) is 0 Å². The Morgan fingerprint density at radius 3 is 2.50 bits per heavy atom. The van der Waals surface area contributed by atoms with E-state index in [2.05, 4.69) is 10.2 Å². The lowest BCUT2D eigenvalue weighted by molar-refractivity contribution is 0.585. The fourth-order valence-electron chi connectivity index (χ4n) is 2.52. The highest BCUT2D eigenvalue weighted by Crippen LogP contribution is 2.27. The molecule has 20 heavy (non-hydrogen) atoms. The van der Waals surface area contributed by atoms with Crippen molar-refractivity contribution in [1.29, 1.82) is 0 Å². The molecule has 3 rings (SSSR count). The summed E-state index contributed by atoms with van der Waals surface area (Å²) in [6.45, 7) is 3.79. The van der Waals surface area contributed by atoms with Gasteiger partial charge in [-0.05, 0) is 29.8 Å². The summed E-state index contributed by atoms with van der Waals surface area (Å²) in [7, 11) is 0. The molecule has 1 aliphatic rings. The average Bonchev–Trinajstić information content (AvgIpc) is 2.48. The van der Waals surface area contributed by atoms with Gasteiger partial charge in [0.15, 0.2) is 0 Å². The van der Waals surface area contributed by atoms with Crippen molar-refractivity contribution in [2.45, 2.75) is 0 Å². The number of piperazine rings is 1. The summed E-state index contributed by atoms with van der Waals surface area (Å²) in [6.07, 6.45) is 0. The highest BCUT2D eigenvalue weighted by molar-refractivity contribution is 5.69. The van der Waals surface area contributed by atoms with Gasteiger partial charge >= 0.3 is 0 Å². The summed E-state index contributed by atoms with van der Waals surface area (Å²) >= 11 is 0. The molecule has 0 unspecified atom stereocenters. The van der Waals surface area contributed by atoms with Gasteiger partial charge in [-0.3, -0.25) is 0 Å². The Morgan fingerprint density at radius 2 is 1.75 bits per heavy atom. The van der Waals surface area contributed by atoms with E-state index in [9.17, 15) is 8.78 Å². The van der Waals surface area contributed by atoms with Gasteiger partial charge in [0, 0.05) is 43.5 Å². The molecular formula is C16H16F2N2. The van der Waals surface area contributed by atoms with E-state index in [0.29, 0.717) is 5.56 Å². The number of anilines is 1. The maximum Gasteiger partial charge on any atom is 0.133 e. The minimum absolute atomic E-state index is 0.434. The van der Waals surface area contributed by atoms with Crippen LogP contribution < -0.4 is 10.2 Å². The second-order valence-corrected chi connectivity index (χ2v) is 4.91. The van der Waals surface area contributed by atoms with Crippen molar-refractivity contribution in [3.05, 3.63) is 54.1 Å². The number of nitrogens with zero attached hydrogens (tertiary/aromatic N) is 1. The molecule has 4 heteroatoms. The van der Waals surface area contributed by atoms with E-state index in [1.54, 1.807) is 0 Å². The van der Waals surface area contributed by atoms with Gasteiger partial charge < -0.3 is 10.2 Å². The van der Waals surface area contributed by atoms with Crippen LogP contribution in [-0.4, -0.2) is 26.2 Å². The highest BCUT2D eigenvalue weighted by Gasteiger charge is 2.12. The first-order chi connectivity index (χ1) is 9.74. The van der Waals surface area contributed by atoms with Crippen LogP contribution in [0.4, 0.5) is 14.5 Å². The van der Waals surface area contributed by atoms with Crippen LogP contribution in [0.1, 0.15) is 0 Å². The molecule has 0 radical (unpaired) electrons. The van der Waals surface area contributed by atoms with Crippen molar-refractivity contribution in [3.8, 4) is 11.1 Å². The Balaban J connectivity index is 1.94. The van der Waals surface area contributed by atoms with Gasteiger partial charge in [-0.1, -0.05) is 12.1 Å². The predicted octanol–water partition coefficient (Wildman–Crippen LogP) is 3.04. The molecule has 0 aromatic heterocycles. The van der Waals surface area contributed by atoms with Crippen molar-refractivity contribution in [2.75, 3.05) is 31.1 Å². The molecule has 0 aliphatic carbocycles. The van der Waals surface area contributed by atoms with Crippen molar-refractivity contribution in [1.82, 2.24) is 5.32 Å². The van der Waals surface area contributed by atoms with Gasteiger partial charge in [0.1, 0.15) is 11.6 Å². The van der Waals surface area contributed by atoms with Gasteiger partial charge in [-0.2, -0.15) is 0 Å². The van der Waals surface area contributed by atoms with Gasteiger partial charge in [0.25, 0.3) is 0 Å². The number of benzene rings is 2. The van der Waals surface area contributed by atoms with Crippen LogP contribution >= 0.6 is 0 Å². The molecule has 104 valence electrons. The van der Waals surface area contributed by atoms with Crippen molar-refractivity contribution in [2.24, 2.45) is 0 Å². The Hall–Kier alpha value is -1.94. The van der Waals surface area contributed by atoms with Crippen LogP contribution in [-0.2, 0) is 0 Å². The third-order valence-electron chi connectivity index (χ3n) is 3.57. The lowest BCUT2D eigenvalue weighted by atomic mass is 10.0. The molecule has 2 aromatic carbocycles. The Bertz CT molecular complexity index is 607. The van der Waals surface area contributed by atoms with Crippen LogP contribution in [0, 0.1) is 11.6 Å². The average molecular weight is 274 g/mol. The topological polar surface area (TPSA) is 15.3 Å². The van der Waals surface area contributed by atoms with E-state index in [-0.39, 0.29) is 0 Å². The fourth-order valence-corrected chi connectivity index (χ4v) is 2.52. The summed E-state index contributed by atoms with van der Waals surface area (Å²) in [5.41, 5.74) is 2.29. The smallest absolute Gasteiger partial charge is 0.133 e. The molecule has 1 fully saturated rings. The maximum absolute atomic E-state index is 13.8. The molecule has 0 atom stereocenters. The molecule has 0 bridgehead atoms. The molecule has 1 heterocycles. The standard InChI is InChI=1S/C16H16F2N2/c17-13-4-5-15(16(18)11-13)12-2-1-3-14(10-12)20-8-6-19-7-9-20/h1-5,10-11,19H,6-9H2. The SMILES string of the molecule is Fc1ccc(-c2cccc(N3CCNCC3)c2)c(F)c1. The van der Waals surface area contributed by atoms with E-state index in [0.717, 1.165) is 43.5 Å². The van der Waals surface area contributed by atoms with Crippen LogP contribution in [0.5, 0.6) is 0 Å². The molecule has 1 aliphatic heterocycles. The second kappa shape index (κ2) is 5.59. The lowest BCUT2D eigenvalue weighted by Crippen LogP contribution is -2.43. The van der Waals surface area contributed by atoms with Crippen LogP contribution in [0.25, 0.3) is 11.1 Å². The quantitative estimate of drug-likeness (QED) is 0.905. The zero-order valence-corrected chi connectivity index (χ0v) is 11.1. The molecule has 2 aromatic rings. The lowest BCUT2D eigenvalue weighted by Gasteiger charge is -2.29. The summed E-state index contributed by atoms with van der Waals surface area (Å²) in [6, 6.07) is 11.4. The molecule has 2 nitrogen and oxygen atoms in total. The maximum atomic E-state index is 13.8. The summed E-state index contributed by atoms with van der Waals surface area (Å²) in [5.74, 6) is -1.08. The number of nitrogens with one attached hydrogen (secondary N) is 1. The number of hydrogen-bond donors (Lipinski definition) is 1.